The Kier molecular flexibility index (Phi) is 3.22. The van der Waals surface area contributed by atoms with E-state index in [4.69, 9.17) is 17.3 Å². The molecule has 0 heterocycles. The minimum absolute atomic E-state index is 0.258. The van der Waals surface area contributed by atoms with Gasteiger partial charge in [0.15, 0.2) is 0 Å². The van der Waals surface area contributed by atoms with Gasteiger partial charge < -0.3 is 5.73 Å². The first-order chi connectivity index (χ1) is 6.07. The van der Waals surface area contributed by atoms with E-state index in [1.807, 2.05) is 6.92 Å². The summed E-state index contributed by atoms with van der Waals surface area (Å²) in [6.45, 7) is 1.82. The Hall–Kier alpha value is -0.670. The van der Waals surface area contributed by atoms with Crippen LogP contribution in [-0.4, -0.2) is 0 Å². The van der Waals surface area contributed by atoms with Gasteiger partial charge in [-0.3, -0.25) is 0 Å². The minimum Gasteiger partial charge on any atom is -0.324 e. The molecule has 1 aromatic rings. The normalized spacial score (nSPS) is 13.0. The molecular weight excluding hydrogens is 196 g/mol. The number of nitrogens with two attached hydrogens (primary N) is 1. The quantitative estimate of drug-likeness (QED) is 0.738. The maximum atomic E-state index is 13.2. The molecule has 0 aliphatic carbocycles. The van der Waals surface area contributed by atoms with Crippen LogP contribution in [0.25, 0.3) is 0 Å². The Morgan fingerprint density at radius 3 is 2.62 bits per heavy atom. The molecule has 0 radical (unpaired) electrons. The molecule has 4 heteroatoms. The maximum absolute atomic E-state index is 13.2. The van der Waals surface area contributed by atoms with E-state index in [1.165, 1.54) is 6.07 Å². The smallest absolute Gasteiger partial charge is 0.149 e. The molecule has 0 bridgehead atoms. The first-order valence-corrected chi connectivity index (χ1v) is 4.34. The molecule has 0 fully saturated rings. The largest absolute Gasteiger partial charge is 0.324 e. The summed E-state index contributed by atoms with van der Waals surface area (Å²) in [7, 11) is 0. The number of hydrogen-bond acceptors (Lipinski definition) is 1. The molecular formula is C9H10ClF2N. The highest BCUT2D eigenvalue weighted by atomic mass is 35.5. The second-order valence-electron chi connectivity index (χ2n) is 2.78. The molecule has 72 valence electrons. The highest BCUT2D eigenvalue weighted by Crippen LogP contribution is 2.26. The lowest BCUT2D eigenvalue weighted by Gasteiger charge is -2.11. The lowest BCUT2D eigenvalue weighted by Crippen LogP contribution is -2.11. The van der Waals surface area contributed by atoms with E-state index in [2.05, 4.69) is 0 Å². The van der Waals surface area contributed by atoms with Crippen molar-refractivity contribution >= 4 is 11.6 Å². The first kappa shape index (κ1) is 10.4. The highest BCUT2D eigenvalue weighted by Gasteiger charge is 2.15. The second-order valence-corrected chi connectivity index (χ2v) is 3.16. The van der Waals surface area contributed by atoms with Gasteiger partial charge in [0.05, 0.1) is 0 Å². The fourth-order valence-corrected chi connectivity index (χ4v) is 1.22. The van der Waals surface area contributed by atoms with Gasteiger partial charge in [0.2, 0.25) is 0 Å². The third-order valence-corrected chi connectivity index (χ3v) is 2.25. The Bertz CT molecular complexity index is 315. The molecule has 0 spiro atoms. The van der Waals surface area contributed by atoms with Crippen molar-refractivity contribution in [1.29, 1.82) is 0 Å². The van der Waals surface area contributed by atoms with Crippen molar-refractivity contribution < 1.29 is 8.78 Å². The summed E-state index contributed by atoms with van der Waals surface area (Å²) < 4.78 is 26.0. The van der Waals surface area contributed by atoms with Gasteiger partial charge in [-0.1, -0.05) is 24.6 Å². The van der Waals surface area contributed by atoms with Crippen LogP contribution < -0.4 is 5.73 Å². The molecule has 0 saturated carbocycles. The van der Waals surface area contributed by atoms with Crippen LogP contribution in [-0.2, 0) is 0 Å². The number of hydrogen-bond donors (Lipinski definition) is 1. The number of rotatable bonds is 2. The third-order valence-electron chi connectivity index (χ3n) is 1.90. The fourth-order valence-electron chi connectivity index (χ4n) is 1.05. The van der Waals surface area contributed by atoms with Crippen LogP contribution >= 0.6 is 11.6 Å². The number of benzene rings is 1. The zero-order chi connectivity index (χ0) is 10.0. The molecule has 1 nitrogen and oxygen atoms in total. The summed E-state index contributed by atoms with van der Waals surface area (Å²) in [6, 6.07) is 2.01. The van der Waals surface area contributed by atoms with E-state index in [0.717, 1.165) is 6.07 Å². The topological polar surface area (TPSA) is 26.0 Å². The minimum atomic E-state index is -0.758. The second kappa shape index (κ2) is 4.03. The van der Waals surface area contributed by atoms with Crippen LogP contribution in [0.5, 0.6) is 0 Å². The molecule has 2 N–H and O–H groups in total. The van der Waals surface area contributed by atoms with Crippen molar-refractivity contribution in [2.45, 2.75) is 19.4 Å². The predicted octanol–water partition coefficient (Wildman–Crippen LogP) is 3.03. The van der Waals surface area contributed by atoms with Gasteiger partial charge in [0.1, 0.15) is 16.7 Å². The SMILES string of the molecule is CCC(N)c1ccc(F)c(Cl)c1F. The van der Waals surface area contributed by atoms with E-state index < -0.39 is 22.7 Å². The van der Waals surface area contributed by atoms with Crippen molar-refractivity contribution in [3.8, 4) is 0 Å². The molecule has 0 saturated heterocycles. The van der Waals surface area contributed by atoms with E-state index in [-0.39, 0.29) is 5.56 Å². The van der Waals surface area contributed by atoms with E-state index in [0.29, 0.717) is 6.42 Å². The Morgan fingerprint density at radius 1 is 1.46 bits per heavy atom. The van der Waals surface area contributed by atoms with Gasteiger partial charge in [-0.2, -0.15) is 0 Å². The lowest BCUT2D eigenvalue weighted by atomic mass is 10.1. The van der Waals surface area contributed by atoms with Gasteiger partial charge in [-0.05, 0) is 12.5 Å². The van der Waals surface area contributed by atoms with E-state index in [9.17, 15) is 8.78 Å². The van der Waals surface area contributed by atoms with E-state index in [1.54, 1.807) is 0 Å². The van der Waals surface area contributed by atoms with Crippen molar-refractivity contribution in [3.05, 3.63) is 34.4 Å². The van der Waals surface area contributed by atoms with Crippen molar-refractivity contribution in [2.24, 2.45) is 5.73 Å². The standard InChI is InChI=1S/C9H10ClF2N/c1-2-7(13)5-3-4-6(11)8(10)9(5)12/h3-4,7H,2,13H2,1H3. The molecule has 1 atom stereocenters. The average molecular weight is 206 g/mol. The van der Waals surface area contributed by atoms with Crippen molar-refractivity contribution in [2.75, 3.05) is 0 Å². The summed E-state index contributed by atoms with van der Waals surface area (Å²) in [6.07, 6.45) is 0.582. The van der Waals surface area contributed by atoms with Gasteiger partial charge in [0, 0.05) is 11.6 Å². The van der Waals surface area contributed by atoms with Gasteiger partial charge in [-0.25, -0.2) is 8.78 Å². The van der Waals surface area contributed by atoms with E-state index >= 15 is 0 Å². The molecule has 1 rings (SSSR count). The molecule has 13 heavy (non-hydrogen) atoms. The fraction of sp³-hybridized carbons (Fsp3) is 0.333. The van der Waals surface area contributed by atoms with Crippen LogP contribution in [0.2, 0.25) is 5.02 Å². The third kappa shape index (κ3) is 1.98. The summed E-state index contributed by atoms with van der Waals surface area (Å²) in [4.78, 5) is 0. The van der Waals surface area contributed by atoms with Crippen LogP contribution in [0.1, 0.15) is 24.9 Å². The zero-order valence-electron chi connectivity index (χ0n) is 7.15. The molecule has 0 aliphatic heterocycles. The first-order valence-electron chi connectivity index (χ1n) is 3.96. The maximum Gasteiger partial charge on any atom is 0.149 e. The van der Waals surface area contributed by atoms with Crippen LogP contribution in [0.3, 0.4) is 0 Å². The average Bonchev–Trinajstić information content (AvgIpc) is 2.13. The molecule has 0 aliphatic rings. The van der Waals surface area contributed by atoms with Crippen LogP contribution in [0, 0.1) is 11.6 Å². The predicted molar refractivity (Wildman–Crippen MR) is 48.6 cm³/mol. The molecule has 0 amide bonds. The van der Waals surface area contributed by atoms with Crippen molar-refractivity contribution in [3.63, 3.8) is 0 Å². The van der Waals surface area contributed by atoms with Gasteiger partial charge in [0.25, 0.3) is 0 Å². The monoisotopic (exact) mass is 205 g/mol. The molecule has 1 unspecified atom stereocenters. The summed E-state index contributed by atoms with van der Waals surface area (Å²) in [5.74, 6) is -1.51. The lowest BCUT2D eigenvalue weighted by molar-refractivity contribution is 0.551. The van der Waals surface area contributed by atoms with Crippen molar-refractivity contribution in [1.82, 2.24) is 0 Å². The van der Waals surface area contributed by atoms with Crippen LogP contribution in [0.4, 0.5) is 8.78 Å². The summed E-state index contributed by atoms with van der Waals surface area (Å²) >= 11 is 5.38. The number of halogens is 3. The Balaban J connectivity index is 3.18. The summed E-state index contributed by atoms with van der Waals surface area (Å²) in [5.41, 5.74) is 5.85. The van der Waals surface area contributed by atoms with Gasteiger partial charge in [-0.15, -0.1) is 0 Å². The Labute approximate surface area is 80.5 Å². The highest BCUT2D eigenvalue weighted by molar-refractivity contribution is 6.30. The Morgan fingerprint density at radius 2 is 2.08 bits per heavy atom. The van der Waals surface area contributed by atoms with Crippen LogP contribution in [0.15, 0.2) is 12.1 Å². The zero-order valence-corrected chi connectivity index (χ0v) is 7.91. The summed E-state index contributed by atoms with van der Waals surface area (Å²) in [5, 5.41) is -0.485. The molecule has 1 aromatic carbocycles. The van der Waals surface area contributed by atoms with Gasteiger partial charge >= 0.3 is 0 Å². The molecule has 0 aromatic heterocycles.